The van der Waals surface area contributed by atoms with Crippen molar-refractivity contribution < 1.29 is 4.74 Å². The molecular weight excluding hydrogens is 577 g/mol. The molecule has 0 fully saturated rings. The molecule has 0 amide bonds. The highest BCUT2D eigenvalue weighted by Crippen LogP contribution is 2.40. The van der Waals surface area contributed by atoms with Crippen LogP contribution in [0.4, 0.5) is 0 Å². The summed E-state index contributed by atoms with van der Waals surface area (Å²) in [6.07, 6.45) is 0. The maximum atomic E-state index is 7.20. The second-order valence-corrected chi connectivity index (χ2v) is 19.4. The van der Waals surface area contributed by atoms with Gasteiger partial charge in [0.25, 0.3) is 0 Å². The molecule has 2 aliphatic heterocycles. The van der Waals surface area contributed by atoms with Crippen molar-refractivity contribution in [2.24, 2.45) is 0 Å². The third-order valence-electron chi connectivity index (χ3n) is 9.90. The molecule has 0 aromatic heterocycles. The van der Waals surface area contributed by atoms with Crippen molar-refractivity contribution >= 4 is 57.6 Å². The van der Waals surface area contributed by atoms with Gasteiger partial charge in [0, 0.05) is 5.56 Å². The molecule has 7 aromatic rings. The van der Waals surface area contributed by atoms with E-state index in [1.165, 1.54) is 52.6 Å². The van der Waals surface area contributed by atoms with Crippen LogP contribution in [0.25, 0.3) is 11.1 Å². The fourth-order valence-electron chi connectivity index (χ4n) is 8.19. The Hall–Kier alpha value is -5.23. The van der Waals surface area contributed by atoms with Crippen LogP contribution in [0.2, 0.25) is 0 Å². The van der Waals surface area contributed by atoms with Crippen molar-refractivity contribution in [3.63, 3.8) is 0 Å². The third kappa shape index (κ3) is 3.54. The van der Waals surface area contributed by atoms with Gasteiger partial charge in [0.05, 0.1) is 0 Å². The zero-order valence-corrected chi connectivity index (χ0v) is 26.7. The number of rotatable bonds is 4. The number of hydrogen-bond acceptors (Lipinski definition) is 1. The molecule has 0 saturated heterocycles. The summed E-state index contributed by atoms with van der Waals surface area (Å²) in [6, 6.07) is 67.5. The minimum absolute atomic E-state index is 0.967. The smallest absolute Gasteiger partial charge is 0.188 e. The first kappa shape index (κ1) is 26.2. The van der Waals surface area contributed by atoms with Gasteiger partial charge in [-0.3, -0.25) is 0 Å². The molecule has 0 atom stereocenters. The van der Waals surface area contributed by atoms with E-state index >= 15 is 0 Å². The SMILES string of the molecule is c1ccc([Si]2(c3ccccc3)c3ccccc3Oc3c2ccc2c3-c3ccccc3[Si]2(c2ccccc2)c2ccccc2)cc1. The minimum atomic E-state index is -2.75. The average molecular weight is 607 g/mol. The number of fused-ring (bicyclic) bond motifs is 6. The predicted molar refractivity (Wildman–Crippen MR) is 193 cm³/mol. The topological polar surface area (TPSA) is 9.23 Å². The summed E-state index contributed by atoms with van der Waals surface area (Å²) < 4.78 is 7.20. The van der Waals surface area contributed by atoms with Gasteiger partial charge in [-0.25, -0.2) is 0 Å². The molecule has 212 valence electrons. The van der Waals surface area contributed by atoms with Gasteiger partial charge in [-0.2, -0.15) is 0 Å². The van der Waals surface area contributed by atoms with E-state index in [2.05, 4.69) is 182 Å². The maximum Gasteiger partial charge on any atom is 0.188 e. The number of ether oxygens (including phenoxy) is 1. The Kier molecular flexibility index (Phi) is 5.92. The highest BCUT2D eigenvalue weighted by atomic mass is 28.3. The van der Waals surface area contributed by atoms with E-state index in [9.17, 15) is 0 Å². The van der Waals surface area contributed by atoms with Gasteiger partial charge in [-0.15, -0.1) is 0 Å². The minimum Gasteiger partial charge on any atom is -0.457 e. The van der Waals surface area contributed by atoms with Crippen molar-refractivity contribution in [1.29, 1.82) is 0 Å². The van der Waals surface area contributed by atoms with E-state index in [4.69, 9.17) is 4.74 Å². The fraction of sp³-hybridized carbons (Fsp3) is 0. The quantitative estimate of drug-likeness (QED) is 0.268. The summed E-state index contributed by atoms with van der Waals surface area (Å²) in [5.74, 6) is 1.99. The van der Waals surface area contributed by atoms with Crippen LogP contribution in [0.1, 0.15) is 0 Å². The Morgan fingerprint density at radius 3 is 1.24 bits per heavy atom. The lowest BCUT2D eigenvalue weighted by Crippen LogP contribution is -2.76. The van der Waals surface area contributed by atoms with Crippen molar-refractivity contribution in [3.05, 3.63) is 182 Å². The Bertz CT molecular complexity index is 2100. The zero-order chi connectivity index (χ0) is 29.8. The molecule has 9 rings (SSSR count). The molecule has 0 N–H and O–H groups in total. The normalized spacial score (nSPS) is 14.8. The molecule has 2 aliphatic rings. The highest BCUT2D eigenvalue weighted by molar-refractivity contribution is 7.23. The van der Waals surface area contributed by atoms with Crippen LogP contribution >= 0.6 is 0 Å². The van der Waals surface area contributed by atoms with Gasteiger partial charge in [0.1, 0.15) is 11.5 Å². The van der Waals surface area contributed by atoms with Crippen LogP contribution in [-0.2, 0) is 0 Å². The summed E-state index contributed by atoms with van der Waals surface area (Å²) >= 11 is 0. The average Bonchev–Trinajstić information content (AvgIpc) is 3.44. The van der Waals surface area contributed by atoms with Gasteiger partial charge < -0.3 is 4.74 Å². The van der Waals surface area contributed by atoms with Crippen molar-refractivity contribution in [2.45, 2.75) is 0 Å². The summed E-state index contributed by atoms with van der Waals surface area (Å²) in [7, 11) is -5.40. The monoisotopic (exact) mass is 606 g/mol. The lowest BCUT2D eigenvalue weighted by Gasteiger charge is -2.40. The molecule has 0 unspecified atom stereocenters. The van der Waals surface area contributed by atoms with Gasteiger partial charge in [-0.1, -0.05) is 176 Å². The van der Waals surface area contributed by atoms with E-state index < -0.39 is 16.1 Å². The maximum absolute atomic E-state index is 7.20. The van der Waals surface area contributed by atoms with Crippen LogP contribution in [0.3, 0.4) is 0 Å². The molecular formula is C42H30OSi2. The van der Waals surface area contributed by atoms with E-state index in [1.54, 1.807) is 0 Å². The number of benzene rings is 7. The summed E-state index contributed by atoms with van der Waals surface area (Å²) in [4.78, 5) is 0. The summed E-state index contributed by atoms with van der Waals surface area (Å²) in [6.45, 7) is 0. The molecule has 2 heterocycles. The van der Waals surface area contributed by atoms with Crippen molar-refractivity contribution in [1.82, 2.24) is 0 Å². The Balaban J connectivity index is 1.46. The van der Waals surface area contributed by atoms with E-state index in [-0.39, 0.29) is 0 Å². The second kappa shape index (κ2) is 10.2. The largest absolute Gasteiger partial charge is 0.457 e. The van der Waals surface area contributed by atoms with Gasteiger partial charge >= 0.3 is 0 Å². The molecule has 7 aromatic carbocycles. The molecule has 45 heavy (non-hydrogen) atoms. The van der Waals surface area contributed by atoms with Crippen LogP contribution < -0.4 is 46.2 Å². The first-order chi connectivity index (χ1) is 22.3. The molecule has 0 aliphatic carbocycles. The standard InChI is InChI=1S/C42H30OSi2/c1-5-17-31(18-6-1)44(32-19-7-2-8-20-32)37-27-15-13-25-35(37)41-39(44)29-30-40-42(41)43-36-26-14-16-28-38(36)45(40,33-21-9-3-10-22-33)34-23-11-4-12-24-34/h1-30H. The van der Waals surface area contributed by atoms with E-state index in [0.717, 1.165) is 11.5 Å². The lowest BCUT2D eigenvalue weighted by atomic mass is 10.0. The van der Waals surface area contributed by atoms with Crippen LogP contribution in [-0.4, -0.2) is 16.1 Å². The van der Waals surface area contributed by atoms with Crippen molar-refractivity contribution in [2.75, 3.05) is 0 Å². The highest BCUT2D eigenvalue weighted by Gasteiger charge is 2.54. The predicted octanol–water partition coefficient (Wildman–Crippen LogP) is 4.53. The lowest BCUT2D eigenvalue weighted by molar-refractivity contribution is 0.489. The van der Waals surface area contributed by atoms with Crippen LogP contribution in [0, 0.1) is 0 Å². The Morgan fingerprint density at radius 2 is 0.711 bits per heavy atom. The Morgan fingerprint density at radius 1 is 0.311 bits per heavy atom. The third-order valence-corrected chi connectivity index (χ3v) is 19.6. The van der Waals surface area contributed by atoms with Crippen LogP contribution in [0.15, 0.2) is 182 Å². The molecule has 3 heteroatoms. The molecule has 0 saturated carbocycles. The van der Waals surface area contributed by atoms with Gasteiger partial charge in [0.15, 0.2) is 16.1 Å². The van der Waals surface area contributed by atoms with E-state index in [0.29, 0.717) is 0 Å². The zero-order valence-electron chi connectivity index (χ0n) is 24.7. The molecule has 0 radical (unpaired) electrons. The number of hydrogen-bond donors (Lipinski definition) is 0. The van der Waals surface area contributed by atoms with Gasteiger partial charge in [0.2, 0.25) is 0 Å². The second-order valence-electron chi connectivity index (χ2n) is 12.0. The first-order valence-electron chi connectivity index (χ1n) is 15.6. The van der Waals surface area contributed by atoms with Crippen LogP contribution in [0.5, 0.6) is 11.5 Å². The van der Waals surface area contributed by atoms with E-state index in [1.807, 2.05) is 0 Å². The van der Waals surface area contributed by atoms with Crippen molar-refractivity contribution in [3.8, 4) is 22.6 Å². The molecule has 0 bridgehead atoms. The Labute approximate surface area is 266 Å². The van der Waals surface area contributed by atoms with Gasteiger partial charge in [-0.05, 0) is 53.1 Å². The number of para-hydroxylation sites is 1. The summed E-state index contributed by atoms with van der Waals surface area (Å²) in [5, 5.41) is 11.0. The molecule has 0 spiro atoms. The summed E-state index contributed by atoms with van der Waals surface area (Å²) in [5.41, 5.74) is 2.56. The fourth-order valence-corrected chi connectivity index (χ4v) is 18.3. The first-order valence-corrected chi connectivity index (χ1v) is 19.6. The molecule has 1 nitrogen and oxygen atoms in total.